The summed E-state index contributed by atoms with van der Waals surface area (Å²) in [4.78, 5) is 1.91. The van der Waals surface area contributed by atoms with E-state index in [1.807, 2.05) is 18.9 Å². The van der Waals surface area contributed by atoms with Crippen LogP contribution < -0.4 is 10.2 Å². The second kappa shape index (κ2) is 5.84. The summed E-state index contributed by atoms with van der Waals surface area (Å²) in [7, 11) is 1.93. The zero-order valence-corrected chi connectivity index (χ0v) is 11.9. The summed E-state index contributed by atoms with van der Waals surface area (Å²) in [6.07, 6.45) is 0. The summed E-state index contributed by atoms with van der Waals surface area (Å²) in [5, 5.41) is 11.3. The van der Waals surface area contributed by atoms with Crippen LogP contribution in [0.4, 0.5) is 11.7 Å². The quantitative estimate of drug-likeness (QED) is 0.895. The summed E-state index contributed by atoms with van der Waals surface area (Å²) in [6.45, 7) is 7.68. The monoisotopic (exact) mass is 260 g/mol. The maximum absolute atomic E-state index is 5.62. The van der Waals surface area contributed by atoms with Gasteiger partial charge in [0.05, 0.1) is 6.54 Å². The maximum Gasteiger partial charge on any atom is 0.322 e. The molecule has 2 rings (SSSR count). The van der Waals surface area contributed by atoms with Gasteiger partial charge in [0, 0.05) is 12.7 Å². The van der Waals surface area contributed by atoms with Gasteiger partial charge in [0.2, 0.25) is 5.89 Å². The van der Waals surface area contributed by atoms with Gasteiger partial charge in [-0.05, 0) is 43.7 Å². The second-order valence-corrected chi connectivity index (χ2v) is 4.66. The van der Waals surface area contributed by atoms with Crippen LogP contribution in [0.3, 0.4) is 0 Å². The predicted octanol–water partition coefficient (Wildman–Crippen LogP) is 2.56. The van der Waals surface area contributed by atoms with E-state index in [9.17, 15) is 0 Å². The van der Waals surface area contributed by atoms with Crippen LogP contribution in [0.5, 0.6) is 0 Å². The number of nitrogens with zero attached hydrogens (tertiary/aromatic N) is 3. The van der Waals surface area contributed by atoms with Crippen LogP contribution in [0.25, 0.3) is 0 Å². The topological polar surface area (TPSA) is 54.2 Å². The summed E-state index contributed by atoms with van der Waals surface area (Å²) in [5.41, 5.74) is 3.49. The van der Waals surface area contributed by atoms with E-state index in [1.165, 1.54) is 11.1 Å². The molecule has 0 atom stereocenters. The standard InChI is InChI=1S/C14H20N4O/c1-5-15-9-13-16-17-14(19-13)18(4)12-7-10(2)6-11(3)8-12/h6-8,15H,5,9H2,1-4H3. The molecule has 0 amide bonds. The lowest BCUT2D eigenvalue weighted by Gasteiger charge is -2.15. The third-order valence-corrected chi connectivity index (χ3v) is 2.86. The fourth-order valence-corrected chi connectivity index (χ4v) is 1.94. The molecule has 5 nitrogen and oxygen atoms in total. The smallest absolute Gasteiger partial charge is 0.322 e. The van der Waals surface area contributed by atoms with E-state index in [0.717, 1.165) is 12.2 Å². The summed E-state index contributed by atoms with van der Waals surface area (Å²) >= 11 is 0. The van der Waals surface area contributed by atoms with Gasteiger partial charge >= 0.3 is 6.01 Å². The highest BCUT2D eigenvalue weighted by Gasteiger charge is 2.12. The number of anilines is 2. The van der Waals surface area contributed by atoms with Crippen molar-refractivity contribution in [3.8, 4) is 0 Å². The summed E-state index contributed by atoms with van der Waals surface area (Å²) in [5.74, 6) is 0.605. The molecule has 1 heterocycles. The van der Waals surface area contributed by atoms with Crippen molar-refractivity contribution in [3.05, 3.63) is 35.2 Å². The van der Waals surface area contributed by atoms with E-state index in [4.69, 9.17) is 4.42 Å². The van der Waals surface area contributed by atoms with E-state index in [-0.39, 0.29) is 0 Å². The van der Waals surface area contributed by atoms with Crippen LogP contribution >= 0.6 is 0 Å². The van der Waals surface area contributed by atoms with Gasteiger partial charge in [0.1, 0.15) is 0 Å². The molecule has 0 saturated heterocycles. The van der Waals surface area contributed by atoms with Crippen LogP contribution in [0.2, 0.25) is 0 Å². The van der Waals surface area contributed by atoms with E-state index < -0.39 is 0 Å². The largest absolute Gasteiger partial charge is 0.406 e. The Bertz CT molecular complexity index is 530. The molecule has 0 spiro atoms. The molecule has 5 heteroatoms. The number of rotatable bonds is 5. The molecule has 0 aliphatic carbocycles. The first-order valence-corrected chi connectivity index (χ1v) is 6.45. The van der Waals surface area contributed by atoms with Crippen molar-refractivity contribution in [3.63, 3.8) is 0 Å². The van der Waals surface area contributed by atoms with Crippen molar-refractivity contribution in [2.75, 3.05) is 18.5 Å². The fourth-order valence-electron chi connectivity index (χ4n) is 1.94. The van der Waals surface area contributed by atoms with Gasteiger partial charge in [-0.1, -0.05) is 18.1 Å². The van der Waals surface area contributed by atoms with Crippen LogP contribution in [0, 0.1) is 13.8 Å². The van der Waals surface area contributed by atoms with E-state index in [2.05, 4.69) is 47.6 Å². The molecule has 0 bridgehead atoms. The molecule has 0 aliphatic rings. The Balaban J connectivity index is 2.18. The Kier molecular flexibility index (Phi) is 4.16. The third-order valence-electron chi connectivity index (χ3n) is 2.86. The number of hydrogen-bond acceptors (Lipinski definition) is 5. The first-order chi connectivity index (χ1) is 9.10. The predicted molar refractivity (Wildman–Crippen MR) is 75.7 cm³/mol. The van der Waals surface area contributed by atoms with E-state index in [1.54, 1.807) is 0 Å². The molecule has 1 N–H and O–H groups in total. The van der Waals surface area contributed by atoms with Crippen molar-refractivity contribution in [1.29, 1.82) is 0 Å². The highest BCUT2D eigenvalue weighted by molar-refractivity contribution is 5.57. The molecule has 0 saturated carbocycles. The SMILES string of the molecule is CCNCc1nnc(N(C)c2cc(C)cc(C)c2)o1. The first-order valence-electron chi connectivity index (χ1n) is 6.45. The van der Waals surface area contributed by atoms with E-state index in [0.29, 0.717) is 18.5 Å². The van der Waals surface area contributed by atoms with Crippen molar-refractivity contribution >= 4 is 11.7 Å². The molecule has 1 aromatic heterocycles. The molecule has 102 valence electrons. The van der Waals surface area contributed by atoms with Crippen LogP contribution in [0.15, 0.2) is 22.6 Å². The fraction of sp³-hybridized carbons (Fsp3) is 0.429. The number of nitrogens with one attached hydrogen (secondary N) is 1. The van der Waals surface area contributed by atoms with Gasteiger partial charge in [-0.3, -0.25) is 4.90 Å². The first kappa shape index (κ1) is 13.5. The summed E-state index contributed by atoms with van der Waals surface area (Å²) in [6, 6.07) is 6.85. The number of hydrogen-bond donors (Lipinski definition) is 1. The average molecular weight is 260 g/mol. The molecule has 1 aromatic carbocycles. The molecule has 0 aliphatic heterocycles. The molecular weight excluding hydrogens is 240 g/mol. The van der Waals surface area contributed by atoms with Gasteiger partial charge in [0.25, 0.3) is 0 Å². The van der Waals surface area contributed by atoms with Crippen molar-refractivity contribution in [2.24, 2.45) is 0 Å². The highest BCUT2D eigenvalue weighted by atomic mass is 16.4. The highest BCUT2D eigenvalue weighted by Crippen LogP contribution is 2.24. The average Bonchev–Trinajstić information content (AvgIpc) is 2.83. The van der Waals surface area contributed by atoms with Crippen LogP contribution in [0.1, 0.15) is 23.9 Å². The normalized spacial score (nSPS) is 10.7. The van der Waals surface area contributed by atoms with Crippen molar-refractivity contribution in [2.45, 2.75) is 27.3 Å². The van der Waals surface area contributed by atoms with Crippen molar-refractivity contribution in [1.82, 2.24) is 15.5 Å². The Morgan fingerprint density at radius 1 is 1.16 bits per heavy atom. The molecule has 2 aromatic rings. The van der Waals surface area contributed by atoms with Crippen LogP contribution in [-0.2, 0) is 6.54 Å². The second-order valence-electron chi connectivity index (χ2n) is 4.66. The zero-order chi connectivity index (χ0) is 13.8. The minimum atomic E-state index is 0.512. The Morgan fingerprint density at radius 2 is 1.84 bits per heavy atom. The van der Waals surface area contributed by atoms with Gasteiger partial charge in [-0.15, -0.1) is 5.10 Å². The van der Waals surface area contributed by atoms with Gasteiger partial charge in [-0.2, -0.15) is 0 Å². The Labute approximate surface area is 113 Å². The molecule has 19 heavy (non-hydrogen) atoms. The molecule has 0 radical (unpaired) electrons. The molecular formula is C14H20N4O. The number of aromatic nitrogens is 2. The van der Waals surface area contributed by atoms with Gasteiger partial charge in [-0.25, -0.2) is 0 Å². The lowest BCUT2D eigenvalue weighted by atomic mass is 10.1. The zero-order valence-electron chi connectivity index (χ0n) is 11.9. The maximum atomic E-state index is 5.62. The Morgan fingerprint density at radius 3 is 2.47 bits per heavy atom. The lowest BCUT2D eigenvalue weighted by Crippen LogP contribution is -2.12. The van der Waals surface area contributed by atoms with Gasteiger partial charge < -0.3 is 9.73 Å². The molecule has 0 unspecified atom stereocenters. The lowest BCUT2D eigenvalue weighted by molar-refractivity contribution is 0.476. The number of benzene rings is 1. The van der Waals surface area contributed by atoms with Crippen LogP contribution in [-0.4, -0.2) is 23.8 Å². The van der Waals surface area contributed by atoms with Gasteiger partial charge in [0.15, 0.2) is 0 Å². The summed E-state index contributed by atoms with van der Waals surface area (Å²) < 4.78 is 5.62. The minimum Gasteiger partial charge on any atom is -0.406 e. The Hall–Kier alpha value is -1.88. The third kappa shape index (κ3) is 3.32. The van der Waals surface area contributed by atoms with Crippen molar-refractivity contribution < 1.29 is 4.42 Å². The molecule has 0 fully saturated rings. The number of aryl methyl sites for hydroxylation is 2. The minimum absolute atomic E-state index is 0.512. The van der Waals surface area contributed by atoms with E-state index >= 15 is 0 Å².